The summed E-state index contributed by atoms with van der Waals surface area (Å²) in [5, 5.41) is 6.98. The van der Waals surface area contributed by atoms with Crippen molar-refractivity contribution in [1.29, 1.82) is 0 Å². The Morgan fingerprint density at radius 1 is 1.19 bits per heavy atom. The largest absolute Gasteiger partial charge is 0.300 e. The molecule has 2 rings (SSSR count). The highest BCUT2D eigenvalue weighted by atomic mass is 15.2. The van der Waals surface area contributed by atoms with Crippen LogP contribution in [0.5, 0.6) is 0 Å². The molecule has 3 heteroatoms. The highest BCUT2D eigenvalue weighted by Gasteiger charge is 2.17. The van der Waals surface area contributed by atoms with E-state index in [2.05, 4.69) is 28.5 Å². The molecular weight excluding hydrogens is 198 g/mol. The lowest BCUT2D eigenvalue weighted by molar-refractivity contribution is 0.243. The van der Waals surface area contributed by atoms with Crippen molar-refractivity contribution in [3.8, 4) is 0 Å². The lowest BCUT2D eigenvalue weighted by atomic mass is 10.1. The van der Waals surface area contributed by atoms with Gasteiger partial charge in [-0.05, 0) is 39.3 Å². The summed E-state index contributed by atoms with van der Waals surface area (Å²) in [4.78, 5) is 2.60. The van der Waals surface area contributed by atoms with Crippen LogP contribution in [0.2, 0.25) is 0 Å². The predicted molar refractivity (Wildman–Crippen MR) is 68.5 cm³/mol. The van der Waals surface area contributed by atoms with E-state index in [9.17, 15) is 0 Å². The van der Waals surface area contributed by atoms with Crippen LogP contribution in [0.25, 0.3) is 0 Å². The molecular formula is C13H25N3. The molecule has 0 radical (unpaired) electrons. The van der Waals surface area contributed by atoms with Gasteiger partial charge in [-0.25, -0.2) is 0 Å². The first kappa shape index (κ1) is 12.1. The van der Waals surface area contributed by atoms with Crippen molar-refractivity contribution in [3.63, 3.8) is 0 Å². The molecule has 3 nitrogen and oxygen atoms in total. The summed E-state index contributed by atoms with van der Waals surface area (Å²) in [6, 6.07) is 0. The molecule has 2 aliphatic rings. The molecule has 2 aliphatic heterocycles. The fourth-order valence-electron chi connectivity index (χ4n) is 2.65. The molecule has 0 aromatic rings. The van der Waals surface area contributed by atoms with Crippen LogP contribution in [-0.4, -0.2) is 43.8 Å². The van der Waals surface area contributed by atoms with Crippen molar-refractivity contribution in [3.05, 3.63) is 11.6 Å². The Labute approximate surface area is 99.3 Å². The van der Waals surface area contributed by atoms with Crippen LogP contribution in [0.4, 0.5) is 0 Å². The average molecular weight is 223 g/mol. The first-order valence-corrected chi connectivity index (χ1v) is 6.71. The summed E-state index contributed by atoms with van der Waals surface area (Å²) < 4.78 is 0. The Kier molecular flexibility index (Phi) is 4.82. The number of allylic oxidation sites excluding steroid dienone is 1. The van der Waals surface area contributed by atoms with Gasteiger partial charge in [-0.3, -0.25) is 4.90 Å². The number of hydrogen-bond acceptors (Lipinski definition) is 3. The Morgan fingerprint density at radius 2 is 1.88 bits per heavy atom. The first-order valence-electron chi connectivity index (χ1n) is 6.71. The smallest absolute Gasteiger partial charge is 0.0611 e. The number of rotatable bonds is 4. The molecule has 0 bridgehead atoms. The molecule has 0 atom stereocenters. The Morgan fingerprint density at radius 3 is 2.50 bits per heavy atom. The number of nitrogens with one attached hydrogen (secondary N) is 2. The second-order valence-electron chi connectivity index (χ2n) is 4.95. The van der Waals surface area contributed by atoms with Gasteiger partial charge in [0, 0.05) is 19.6 Å². The monoisotopic (exact) mass is 223 g/mol. The minimum absolute atomic E-state index is 0.510. The highest BCUT2D eigenvalue weighted by Crippen LogP contribution is 2.13. The summed E-state index contributed by atoms with van der Waals surface area (Å²) in [5.41, 5.74) is 1.58. The molecule has 0 aromatic heterocycles. The van der Waals surface area contributed by atoms with Crippen molar-refractivity contribution < 1.29 is 0 Å². The van der Waals surface area contributed by atoms with E-state index in [1.807, 2.05) is 0 Å². The summed E-state index contributed by atoms with van der Waals surface area (Å²) in [6.07, 6.45) is 8.17. The highest BCUT2D eigenvalue weighted by molar-refractivity contribution is 5.06. The fraction of sp³-hybridized carbons (Fsp3) is 0.846. The van der Waals surface area contributed by atoms with Crippen LogP contribution in [0.1, 0.15) is 32.6 Å². The topological polar surface area (TPSA) is 27.3 Å². The lowest BCUT2D eigenvalue weighted by Gasteiger charge is -2.28. The van der Waals surface area contributed by atoms with Gasteiger partial charge in [0.15, 0.2) is 0 Å². The van der Waals surface area contributed by atoms with Gasteiger partial charge in [-0.15, -0.1) is 0 Å². The van der Waals surface area contributed by atoms with Crippen molar-refractivity contribution in [1.82, 2.24) is 15.5 Å². The maximum absolute atomic E-state index is 3.49. The first-order chi connectivity index (χ1) is 7.88. The van der Waals surface area contributed by atoms with Crippen LogP contribution in [0.3, 0.4) is 0 Å². The van der Waals surface area contributed by atoms with Crippen LogP contribution in [0, 0.1) is 0 Å². The van der Waals surface area contributed by atoms with Crippen LogP contribution in [0.15, 0.2) is 11.6 Å². The molecule has 92 valence electrons. The summed E-state index contributed by atoms with van der Waals surface area (Å²) in [7, 11) is 0. The number of hydrogen-bond donors (Lipinski definition) is 2. The standard InChI is InChI=1S/C13H25N3/c1-2-12(10-13-14-6-7-15-13)11-16-8-4-3-5-9-16/h2,13-15H,3-11H2,1H3. The van der Waals surface area contributed by atoms with Crippen LogP contribution < -0.4 is 10.6 Å². The zero-order chi connectivity index (χ0) is 11.2. The average Bonchev–Trinajstić information content (AvgIpc) is 2.82. The quantitative estimate of drug-likeness (QED) is 0.704. The molecule has 2 heterocycles. The van der Waals surface area contributed by atoms with E-state index >= 15 is 0 Å². The Bertz CT molecular complexity index is 225. The SMILES string of the molecule is CC=C(CC1NCCN1)CN1CCCCC1. The third-order valence-corrected chi connectivity index (χ3v) is 3.66. The summed E-state index contributed by atoms with van der Waals surface area (Å²) in [6.45, 7) is 8.17. The van der Waals surface area contributed by atoms with E-state index in [1.165, 1.54) is 38.9 Å². The van der Waals surface area contributed by atoms with Gasteiger partial charge in [0.1, 0.15) is 0 Å². The molecule has 0 amide bonds. The Balaban J connectivity index is 1.75. The van der Waals surface area contributed by atoms with E-state index in [4.69, 9.17) is 0 Å². The molecule has 0 spiro atoms. The molecule has 16 heavy (non-hydrogen) atoms. The van der Waals surface area contributed by atoms with Crippen molar-refractivity contribution in [2.75, 3.05) is 32.7 Å². The molecule has 0 aliphatic carbocycles. The van der Waals surface area contributed by atoms with Crippen molar-refractivity contribution in [2.45, 2.75) is 38.8 Å². The van der Waals surface area contributed by atoms with Gasteiger partial charge in [-0.1, -0.05) is 18.1 Å². The minimum Gasteiger partial charge on any atom is -0.300 e. The molecule has 2 saturated heterocycles. The molecule has 0 aromatic carbocycles. The Hall–Kier alpha value is -0.380. The van der Waals surface area contributed by atoms with Crippen LogP contribution in [-0.2, 0) is 0 Å². The van der Waals surface area contributed by atoms with E-state index in [0.717, 1.165) is 19.5 Å². The fourth-order valence-corrected chi connectivity index (χ4v) is 2.65. The van der Waals surface area contributed by atoms with E-state index in [1.54, 1.807) is 5.57 Å². The molecule has 0 unspecified atom stereocenters. The second-order valence-corrected chi connectivity index (χ2v) is 4.95. The van der Waals surface area contributed by atoms with E-state index in [0.29, 0.717) is 6.17 Å². The van der Waals surface area contributed by atoms with Gasteiger partial charge < -0.3 is 10.6 Å². The summed E-state index contributed by atoms with van der Waals surface area (Å²) in [5.74, 6) is 0. The van der Waals surface area contributed by atoms with Crippen molar-refractivity contribution in [2.24, 2.45) is 0 Å². The van der Waals surface area contributed by atoms with Gasteiger partial charge in [0.2, 0.25) is 0 Å². The molecule has 0 saturated carbocycles. The lowest BCUT2D eigenvalue weighted by Crippen LogP contribution is -2.35. The zero-order valence-corrected chi connectivity index (χ0v) is 10.5. The number of nitrogens with zero attached hydrogens (tertiary/aromatic N) is 1. The van der Waals surface area contributed by atoms with Gasteiger partial charge in [0.25, 0.3) is 0 Å². The minimum atomic E-state index is 0.510. The third kappa shape index (κ3) is 3.58. The maximum atomic E-state index is 3.49. The van der Waals surface area contributed by atoms with Gasteiger partial charge in [-0.2, -0.15) is 0 Å². The van der Waals surface area contributed by atoms with Gasteiger partial charge >= 0.3 is 0 Å². The predicted octanol–water partition coefficient (Wildman–Crippen LogP) is 1.33. The van der Waals surface area contributed by atoms with E-state index in [-0.39, 0.29) is 0 Å². The van der Waals surface area contributed by atoms with Gasteiger partial charge in [0.05, 0.1) is 6.17 Å². The molecule has 2 N–H and O–H groups in total. The summed E-state index contributed by atoms with van der Waals surface area (Å²) >= 11 is 0. The number of likely N-dealkylation sites (tertiary alicyclic amines) is 1. The molecule has 2 fully saturated rings. The maximum Gasteiger partial charge on any atom is 0.0611 e. The van der Waals surface area contributed by atoms with Crippen LogP contribution >= 0.6 is 0 Å². The van der Waals surface area contributed by atoms with E-state index < -0.39 is 0 Å². The zero-order valence-electron chi connectivity index (χ0n) is 10.5. The van der Waals surface area contributed by atoms with Crippen molar-refractivity contribution >= 4 is 0 Å². The normalized spacial score (nSPS) is 25.2. The third-order valence-electron chi connectivity index (χ3n) is 3.66. The number of piperidine rings is 1. The second kappa shape index (κ2) is 6.38.